The summed E-state index contributed by atoms with van der Waals surface area (Å²) in [5, 5.41) is 0. The van der Waals surface area contributed by atoms with Gasteiger partial charge >= 0.3 is 11.9 Å². The number of ether oxygens (including phenoxy) is 4. The second-order valence-corrected chi connectivity index (χ2v) is 8.60. The lowest BCUT2D eigenvalue weighted by molar-refractivity contribution is -0.158. The summed E-state index contributed by atoms with van der Waals surface area (Å²) in [5.41, 5.74) is -0.202. The van der Waals surface area contributed by atoms with Crippen molar-refractivity contribution >= 4 is 11.9 Å². The van der Waals surface area contributed by atoms with Gasteiger partial charge in [-0.2, -0.15) is 0 Å². The number of hydrogen-bond acceptors (Lipinski definition) is 6. The zero-order chi connectivity index (χ0) is 20.8. The van der Waals surface area contributed by atoms with Crippen molar-refractivity contribution in [3.05, 3.63) is 23.8 Å². The predicted octanol–water partition coefficient (Wildman–Crippen LogP) is 4.25. The van der Waals surface area contributed by atoms with Gasteiger partial charge in [-0.1, -0.05) is 19.9 Å². The molecule has 0 N–H and O–H groups in total. The smallest absolute Gasteiger partial charge is 0.344 e. The molecule has 0 heterocycles. The van der Waals surface area contributed by atoms with E-state index in [0.29, 0.717) is 11.5 Å². The molecule has 0 aromatic heterocycles. The van der Waals surface area contributed by atoms with Crippen molar-refractivity contribution in [2.24, 2.45) is 0 Å². The van der Waals surface area contributed by atoms with Gasteiger partial charge in [0.25, 0.3) is 0 Å². The first kappa shape index (κ1) is 22.8. The van der Waals surface area contributed by atoms with E-state index in [1.54, 1.807) is 53.7 Å². The Bertz CT molecular complexity index is 650. The first-order valence-corrected chi connectivity index (χ1v) is 9.10. The average molecular weight is 380 g/mol. The van der Waals surface area contributed by atoms with Crippen LogP contribution in [0.2, 0.25) is 0 Å². The fourth-order valence-electron chi connectivity index (χ4n) is 2.23. The molecule has 0 atom stereocenters. The minimum atomic E-state index is -0.570. The molecular weight excluding hydrogens is 348 g/mol. The van der Waals surface area contributed by atoms with Gasteiger partial charge in [0.1, 0.15) is 22.7 Å². The monoisotopic (exact) mass is 380 g/mol. The molecule has 0 aliphatic rings. The molecule has 0 fully saturated rings. The Morgan fingerprint density at radius 2 is 1.33 bits per heavy atom. The van der Waals surface area contributed by atoms with Gasteiger partial charge in [-0.25, -0.2) is 9.59 Å². The van der Waals surface area contributed by atoms with Crippen LogP contribution >= 0.6 is 0 Å². The molecule has 0 saturated heterocycles. The van der Waals surface area contributed by atoms with Crippen molar-refractivity contribution in [1.82, 2.24) is 0 Å². The molecule has 0 radical (unpaired) electrons. The van der Waals surface area contributed by atoms with Crippen molar-refractivity contribution in [2.75, 3.05) is 13.2 Å². The molecule has 1 rings (SSSR count). The summed E-state index contributed by atoms with van der Waals surface area (Å²) in [6, 6.07) is 5.30. The summed E-state index contributed by atoms with van der Waals surface area (Å²) >= 11 is 0. The van der Waals surface area contributed by atoms with Gasteiger partial charge in [0, 0.05) is 6.07 Å². The fraction of sp³-hybridized carbons (Fsp3) is 0.619. The number of carbonyl (C=O) groups excluding carboxylic acids is 2. The lowest BCUT2D eigenvalue weighted by Gasteiger charge is -2.21. The average Bonchev–Trinajstić information content (AvgIpc) is 2.47. The Kier molecular flexibility index (Phi) is 7.69. The Hall–Kier alpha value is -2.24. The third kappa shape index (κ3) is 9.31. The van der Waals surface area contributed by atoms with Crippen LogP contribution in [0.3, 0.4) is 0 Å². The van der Waals surface area contributed by atoms with Gasteiger partial charge in [-0.3, -0.25) is 0 Å². The van der Waals surface area contributed by atoms with E-state index in [4.69, 9.17) is 18.9 Å². The quantitative estimate of drug-likeness (QED) is 0.659. The standard InChI is InChI=1S/C21H32O6/c1-14(2)16-10-9-15(24-12-18(22)26-20(3,4)5)11-17(16)25-13-19(23)27-21(6,7)8/h9-11,14H,12-13H2,1-8H3. The van der Waals surface area contributed by atoms with Crippen LogP contribution < -0.4 is 9.47 Å². The van der Waals surface area contributed by atoms with Crippen molar-refractivity contribution in [3.63, 3.8) is 0 Å². The number of benzene rings is 1. The van der Waals surface area contributed by atoms with E-state index in [9.17, 15) is 9.59 Å². The summed E-state index contributed by atoms with van der Waals surface area (Å²) in [4.78, 5) is 23.7. The first-order chi connectivity index (χ1) is 12.3. The molecule has 152 valence electrons. The number of esters is 2. The molecule has 6 heteroatoms. The Balaban J connectivity index is 2.79. The van der Waals surface area contributed by atoms with Gasteiger partial charge in [0.15, 0.2) is 13.2 Å². The largest absolute Gasteiger partial charge is 0.482 e. The van der Waals surface area contributed by atoms with Gasteiger partial charge in [0.05, 0.1) is 0 Å². The van der Waals surface area contributed by atoms with E-state index in [2.05, 4.69) is 0 Å². The number of hydrogen-bond donors (Lipinski definition) is 0. The molecule has 6 nitrogen and oxygen atoms in total. The van der Waals surface area contributed by atoms with Gasteiger partial charge in [0.2, 0.25) is 0 Å². The van der Waals surface area contributed by atoms with Crippen molar-refractivity contribution in [1.29, 1.82) is 0 Å². The second-order valence-electron chi connectivity index (χ2n) is 8.60. The molecule has 0 aliphatic carbocycles. The molecule has 0 bridgehead atoms. The van der Waals surface area contributed by atoms with Crippen LogP contribution in [0.5, 0.6) is 11.5 Å². The van der Waals surface area contributed by atoms with E-state index in [1.165, 1.54) is 0 Å². The Labute approximate surface area is 162 Å². The molecule has 27 heavy (non-hydrogen) atoms. The van der Waals surface area contributed by atoms with E-state index < -0.39 is 23.1 Å². The third-order valence-corrected chi connectivity index (χ3v) is 3.15. The van der Waals surface area contributed by atoms with Crippen LogP contribution in [0.4, 0.5) is 0 Å². The van der Waals surface area contributed by atoms with Crippen molar-refractivity contribution in [3.8, 4) is 11.5 Å². The first-order valence-electron chi connectivity index (χ1n) is 9.10. The SMILES string of the molecule is CC(C)c1ccc(OCC(=O)OC(C)(C)C)cc1OCC(=O)OC(C)(C)C. The highest BCUT2D eigenvalue weighted by Crippen LogP contribution is 2.30. The predicted molar refractivity (Wildman–Crippen MR) is 103 cm³/mol. The van der Waals surface area contributed by atoms with Gasteiger partial charge in [-0.05, 0) is 59.1 Å². The highest BCUT2D eigenvalue weighted by Gasteiger charge is 2.19. The van der Waals surface area contributed by atoms with Crippen LogP contribution in [0, 0.1) is 0 Å². The van der Waals surface area contributed by atoms with E-state index in [-0.39, 0.29) is 19.1 Å². The summed E-state index contributed by atoms with van der Waals surface area (Å²) in [5.74, 6) is 0.282. The maximum absolute atomic E-state index is 11.9. The molecule has 1 aromatic rings. The minimum Gasteiger partial charge on any atom is -0.482 e. The van der Waals surface area contributed by atoms with Crippen LogP contribution in [-0.4, -0.2) is 36.4 Å². The van der Waals surface area contributed by atoms with Crippen molar-refractivity contribution < 1.29 is 28.5 Å². The molecule has 1 aromatic carbocycles. The normalized spacial score (nSPS) is 11.9. The van der Waals surface area contributed by atoms with Crippen molar-refractivity contribution in [2.45, 2.75) is 72.5 Å². The van der Waals surface area contributed by atoms with Crippen LogP contribution in [-0.2, 0) is 19.1 Å². The van der Waals surface area contributed by atoms with Gasteiger partial charge in [-0.15, -0.1) is 0 Å². The third-order valence-electron chi connectivity index (χ3n) is 3.15. The summed E-state index contributed by atoms with van der Waals surface area (Å²) in [7, 11) is 0. The summed E-state index contributed by atoms with van der Waals surface area (Å²) in [6.07, 6.45) is 0. The Morgan fingerprint density at radius 3 is 1.78 bits per heavy atom. The van der Waals surface area contributed by atoms with Gasteiger partial charge < -0.3 is 18.9 Å². The lowest BCUT2D eigenvalue weighted by atomic mass is 10.0. The summed E-state index contributed by atoms with van der Waals surface area (Å²) < 4.78 is 21.6. The maximum Gasteiger partial charge on any atom is 0.344 e. The van der Waals surface area contributed by atoms with Crippen LogP contribution in [0.15, 0.2) is 18.2 Å². The maximum atomic E-state index is 11.9. The topological polar surface area (TPSA) is 71.1 Å². The van der Waals surface area contributed by atoms with E-state index >= 15 is 0 Å². The highest BCUT2D eigenvalue weighted by molar-refractivity contribution is 5.72. The second kappa shape index (κ2) is 9.11. The molecule has 0 saturated carbocycles. The molecule has 0 unspecified atom stereocenters. The zero-order valence-corrected chi connectivity index (χ0v) is 17.7. The molecular formula is C21H32O6. The Morgan fingerprint density at radius 1 is 0.852 bits per heavy atom. The van der Waals surface area contributed by atoms with Crippen LogP contribution in [0.1, 0.15) is 66.9 Å². The zero-order valence-electron chi connectivity index (χ0n) is 17.7. The highest BCUT2D eigenvalue weighted by atomic mass is 16.6. The molecule has 0 aliphatic heterocycles. The van der Waals surface area contributed by atoms with E-state index in [0.717, 1.165) is 5.56 Å². The lowest BCUT2D eigenvalue weighted by Crippen LogP contribution is -2.27. The number of carbonyl (C=O) groups is 2. The number of rotatable bonds is 7. The summed E-state index contributed by atoms with van der Waals surface area (Å²) in [6.45, 7) is 14.4. The van der Waals surface area contributed by atoms with E-state index in [1.807, 2.05) is 19.9 Å². The van der Waals surface area contributed by atoms with Crippen LogP contribution in [0.25, 0.3) is 0 Å². The fourth-order valence-corrected chi connectivity index (χ4v) is 2.23. The molecule has 0 amide bonds. The molecule has 0 spiro atoms. The minimum absolute atomic E-state index is 0.193.